The Morgan fingerprint density at radius 1 is 1.09 bits per heavy atom. The molecule has 0 saturated heterocycles. The third kappa shape index (κ3) is 3.92. The Balaban J connectivity index is 1.54. The summed E-state index contributed by atoms with van der Waals surface area (Å²) in [5.74, 6) is 0.907. The molecule has 2 heterocycles. The van der Waals surface area contributed by atoms with Crippen LogP contribution in [0.2, 0.25) is 0 Å². The van der Waals surface area contributed by atoms with E-state index in [4.69, 9.17) is 4.42 Å². The lowest BCUT2D eigenvalue weighted by Crippen LogP contribution is -2.26. The summed E-state index contributed by atoms with van der Waals surface area (Å²) in [4.78, 5) is 17.3. The highest BCUT2D eigenvalue weighted by Crippen LogP contribution is 2.18. The second-order valence-corrected chi connectivity index (χ2v) is 5.59. The molecule has 118 valence electrons. The largest absolute Gasteiger partial charge is 0.467 e. The Morgan fingerprint density at radius 2 is 1.91 bits per heavy atom. The number of benzene rings is 1. The summed E-state index contributed by atoms with van der Waals surface area (Å²) < 4.78 is 5.27. The maximum Gasteiger partial charge on any atom is 0.223 e. The molecule has 0 bridgehead atoms. The molecule has 0 unspecified atom stereocenters. The maximum absolute atomic E-state index is 12.2. The van der Waals surface area contributed by atoms with Gasteiger partial charge in [0, 0.05) is 24.9 Å². The molecular weight excluding hydrogens is 288 g/mol. The number of amides is 1. The molecule has 23 heavy (non-hydrogen) atoms. The molecule has 0 saturated carbocycles. The number of hydrogen-bond donors (Lipinski definition) is 1. The summed E-state index contributed by atoms with van der Waals surface area (Å²) in [6, 6.07) is 18.0. The Hall–Kier alpha value is -2.75. The highest BCUT2D eigenvalue weighted by molar-refractivity contribution is 5.76. The van der Waals surface area contributed by atoms with E-state index in [9.17, 15) is 4.79 Å². The van der Waals surface area contributed by atoms with E-state index in [1.807, 2.05) is 36.4 Å². The van der Waals surface area contributed by atoms with Crippen LogP contribution >= 0.6 is 0 Å². The molecule has 0 aliphatic rings. The number of aryl methyl sites for hydroxylation is 1. The highest BCUT2D eigenvalue weighted by atomic mass is 16.3. The van der Waals surface area contributed by atoms with Gasteiger partial charge in [-0.25, -0.2) is 0 Å². The predicted molar refractivity (Wildman–Crippen MR) is 89.7 cm³/mol. The number of carbonyl (C=O) groups excluding carboxylic acids is 1. The summed E-state index contributed by atoms with van der Waals surface area (Å²) in [7, 11) is 1.80. The fourth-order valence-corrected chi connectivity index (χ4v) is 2.53. The van der Waals surface area contributed by atoms with Crippen molar-refractivity contribution in [2.45, 2.75) is 19.4 Å². The van der Waals surface area contributed by atoms with Gasteiger partial charge in [-0.1, -0.05) is 30.3 Å². The van der Waals surface area contributed by atoms with Crippen LogP contribution in [0, 0.1) is 0 Å². The monoisotopic (exact) mass is 308 g/mol. The van der Waals surface area contributed by atoms with Gasteiger partial charge in [0.1, 0.15) is 5.76 Å². The van der Waals surface area contributed by atoms with Crippen molar-refractivity contribution in [2.75, 3.05) is 7.05 Å². The zero-order valence-electron chi connectivity index (χ0n) is 13.2. The van der Waals surface area contributed by atoms with E-state index in [2.05, 4.69) is 23.2 Å². The fourth-order valence-electron chi connectivity index (χ4n) is 2.53. The van der Waals surface area contributed by atoms with Crippen molar-refractivity contribution >= 4 is 5.91 Å². The van der Waals surface area contributed by atoms with Gasteiger partial charge in [0.05, 0.1) is 12.8 Å². The molecule has 3 rings (SSSR count). The van der Waals surface area contributed by atoms with E-state index >= 15 is 0 Å². The molecule has 1 N–H and O–H groups in total. The van der Waals surface area contributed by atoms with Gasteiger partial charge in [0.2, 0.25) is 5.91 Å². The van der Waals surface area contributed by atoms with E-state index < -0.39 is 0 Å². The van der Waals surface area contributed by atoms with E-state index in [1.165, 1.54) is 0 Å². The van der Waals surface area contributed by atoms with Crippen molar-refractivity contribution in [1.82, 2.24) is 9.88 Å². The third-order valence-corrected chi connectivity index (χ3v) is 3.84. The normalized spacial score (nSPS) is 10.7. The van der Waals surface area contributed by atoms with Crippen molar-refractivity contribution in [3.63, 3.8) is 0 Å². The zero-order valence-corrected chi connectivity index (χ0v) is 13.2. The number of H-pyrrole nitrogens is 1. The quantitative estimate of drug-likeness (QED) is 0.751. The van der Waals surface area contributed by atoms with Gasteiger partial charge in [-0.3, -0.25) is 4.79 Å². The summed E-state index contributed by atoms with van der Waals surface area (Å²) in [5.41, 5.74) is 3.31. The number of nitrogens with one attached hydrogen (secondary N) is 1. The van der Waals surface area contributed by atoms with Gasteiger partial charge in [0.25, 0.3) is 0 Å². The second kappa shape index (κ2) is 7.01. The van der Waals surface area contributed by atoms with Crippen molar-refractivity contribution in [2.24, 2.45) is 0 Å². The number of aromatic amines is 1. The molecule has 1 aromatic carbocycles. The zero-order chi connectivity index (χ0) is 16.1. The number of furan rings is 1. The van der Waals surface area contributed by atoms with E-state index in [-0.39, 0.29) is 5.91 Å². The Kier molecular flexibility index (Phi) is 4.62. The SMILES string of the molecule is CN(Cc1ccco1)C(=O)CCc1ccc(-c2ccccc2)[nH]1. The average Bonchev–Trinajstić information content (AvgIpc) is 3.25. The van der Waals surface area contributed by atoms with E-state index in [1.54, 1.807) is 18.2 Å². The van der Waals surface area contributed by atoms with Crippen LogP contribution in [0.1, 0.15) is 17.9 Å². The Morgan fingerprint density at radius 3 is 2.65 bits per heavy atom. The molecule has 2 aromatic heterocycles. The summed E-state index contributed by atoms with van der Waals surface area (Å²) in [6.45, 7) is 0.506. The molecule has 0 radical (unpaired) electrons. The lowest BCUT2D eigenvalue weighted by Gasteiger charge is -2.15. The van der Waals surface area contributed by atoms with Gasteiger partial charge in [-0.05, 0) is 36.2 Å². The molecule has 1 amide bonds. The first-order valence-corrected chi connectivity index (χ1v) is 7.72. The summed E-state index contributed by atoms with van der Waals surface area (Å²) >= 11 is 0. The molecule has 0 aliphatic heterocycles. The smallest absolute Gasteiger partial charge is 0.223 e. The van der Waals surface area contributed by atoms with Crippen LogP contribution in [-0.2, 0) is 17.8 Å². The van der Waals surface area contributed by atoms with Gasteiger partial charge >= 0.3 is 0 Å². The van der Waals surface area contributed by atoms with E-state index in [0.717, 1.165) is 22.7 Å². The molecule has 3 aromatic rings. The minimum Gasteiger partial charge on any atom is -0.467 e. The Labute approximate surface area is 135 Å². The van der Waals surface area contributed by atoms with Crippen LogP contribution in [0.15, 0.2) is 65.3 Å². The first-order valence-electron chi connectivity index (χ1n) is 7.72. The number of carbonyl (C=O) groups is 1. The van der Waals surface area contributed by atoms with Crippen LogP contribution < -0.4 is 0 Å². The summed E-state index contributed by atoms with van der Waals surface area (Å²) in [6.07, 6.45) is 2.80. The maximum atomic E-state index is 12.2. The summed E-state index contributed by atoms with van der Waals surface area (Å²) in [5, 5.41) is 0. The van der Waals surface area contributed by atoms with Crippen molar-refractivity contribution in [1.29, 1.82) is 0 Å². The third-order valence-electron chi connectivity index (χ3n) is 3.84. The first kappa shape index (κ1) is 15.2. The van der Waals surface area contributed by atoms with Gasteiger partial charge in [0.15, 0.2) is 0 Å². The van der Waals surface area contributed by atoms with Crippen molar-refractivity contribution in [3.05, 3.63) is 72.3 Å². The topological polar surface area (TPSA) is 49.2 Å². The van der Waals surface area contributed by atoms with Crippen LogP contribution in [0.4, 0.5) is 0 Å². The second-order valence-electron chi connectivity index (χ2n) is 5.59. The molecule has 4 nitrogen and oxygen atoms in total. The lowest BCUT2D eigenvalue weighted by molar-refractivity contribution is -0.130. The Bertz CT molecular complexity index is 745. The van der Waals surface area contributed by atoms with Crippen LogP contribution in [-0.4, -0.2) is 22.8 Å². The molecule has 4 heteroatoms. The first-order chi connectivity index (χ1) is 11.2. The van der Waals surface area contributed by atoms with Crippen LogP contribution in [0.3, 0.4) is 0 Å². The standard InChI is InChI=1S/C19H20N2O2/c1-21(14-17-8-5-13-23-17)19(22)12-10-16-9-11-18(20-16)15-6-3-2-4-7-15/h2-9,11,13,20H,10,12,14H2,1H3. The molecule has 0 atom stereocenters. The molecule has 0 fully saturated rings. The fraction of sp³-hybridized carbons (Fsp3) is 0.211. The number of aromatic nitrogens is 1. The van der Waals surface area contributed by atoms with Crippen molar-refractivity contribution < 1.29 is 9.21 Å². The molecule has 0 spiro atoms. The predicted octanol–water partition coefficient (Wildman–Crippen LogP) is 3.87. The minimum absolute atomic E-state index is 0.109. The number of rotatable bonds is 6. The lowest BCUT2D eigenvalue weighted by atomic mass is 10.2. The number of hydrogen-bond acceptors (Lipinski definition) is 2. The van der Waals surface area contributed by atoms with Gasteiger partial charge < -0.3 is 14.3 Å². The number of nitrogens with zero attached hydrogens (tertiary/aromatic N) is 1. The van der Waals surface area contributed by atoms with Crippen LogP contribution in [0.25, 0.3) is 11.3 Å². The van der Waals surface area contributed by atoms with Gasteiger partial charge in [-0.2, -0.15) is 0 Å². The van der Waals surface area contributed by atoms with Gasteiger partial charge in [-0.15, -0.1) is 0 Å². The van der Waals surface area contributed by atoms with Crippen molar-refractivity contribution in [3.8, 4) is 11.3 Å². The van der Waals surface area contributed by atoms with E-state index in [0.29, 0.717) is 19.4 Å². The van der Waals surface area contributed by atoms with Crippen LogP contribution in [0.5, 0.6) is 0 Å². The molecular formula is C19H20N2O2. The highest BCUT2D eigenvalue weighted by Gasteiger charge is 2.11. The molecule has 0 aliphatic carbocycles. The average molecular weight is 308 g/mol. The minimum atomic E-state index is 0.109.